The molecule has 0 saturated heterocycles. The van der Waals surface area contributed by atoms with Gasteiger partial charge in [-0.2, -0.15) is 0 Å². The molecule has 0 unspecified atom stereocenters. The summed E-state index contributed by atoms with van der Waals surface area (Å²) >= 11 is 1.42. The Balaban J connectivity index is 1.43. The highest BCUT2D eigenvalue weighted by atomic mass is 32.2. The van der Waals surface area contributed by atoms with E-state index < -0.39 is 0 Å². The molecule has 3 heterocycles. The van der Waals surface area contributed by atoms with Gasteiger partial charge in [-0.15, -0.1) is 10.2 Å². The van der Waals surface area contributed by atoms with Gasteiger partial charge >= 0.3 is 0 Å². The molecule has 0 aliphatic carbocycles. The van der Waals surface area contributed by atoms with Crippen molar-refractivity contribution in [1.82, 2.24) is 15.2 Å². The second-order valence-corrected chi connectivity index (χ2v) is 6.49. The van der Waals surface area contributed by atoms with Crippen molar-refractivity contribution in [3.05, 3.63) is 59.9 Å². The van der Waals surface area contributed by atoms with Crippen molar-refractivity contribution in [2.75, 3.05) is 0 Å². The first-order chi connectivity index (χ1) is 12.2. The van der Waals surface area contributed by atoms with E-state index in [2.05, 4.69) is 15.2 Å². The van der Waals surface area contributed by atoms with Gasteiger partial charge in [-0.05, 0) is 32.0 Å². The van der Waals surface area contributed by atoms with E-state index in [0.717, 1.165) is 22.6 Å². The molecule has 25 heavy (non-hydrogen) atoms. The Bertz CT molecular complexity index is 985. The number of furan rings is 1. The van der Waals surface area contributed by atoms with Crippen LogP contribution in [0.5, 0.6) is 0 Å². The Hall–Kier alpha value is -2.80. The van der Waals surface area contributed by atoms with Gasteiger partial charge in [0, 0.05) is 11.3 Å². The van der Waals surface area contributed by atoms with Crippen molar-refractivity contribution in [1.29, 1.82) is 0 Å². The van der Waals surface area contributed by atoms with Crippen molar-refractivity contribution < 1.29 is 13.3 Å². The van der Waals surface area contributed by atoms with E-state index in [1.807, 2.05) is 44.2 Å². The first-order valence-corrected chi connectivity index (χ1v) is 8.70. The first kappa shape index (κ1) is 15.7. The molecular weight excluding hydrogens is 338 g/mol. The van der Waals surface area contributed by atoms with Gasteiger partial charge in [0.25, 0.3) is 11.1 Å². The summed E-state index contributed by atoms with van der Waals surface area (Å²) in [7, 11) is 0. The summed E-state index contributed by atoms with van der Waals surface area (Å²) in [5.74, 6) is 2.39. The van der Waals surface area contributed by atoms with Crippen molar-refractivity contribution >= 4 is 11.8 Å². The second-order valence-electron chi connectivity index (χ2n) is 5.56. The molecular formula is C18H15N3O3S. The van der Waals surface area contributed by atoms with E-state index in [1.165, 1.54) is 17.3 Å². The number of hydrogen-bond acceptors (Lipinski definition) is 7. The monoisotopic (exact) mass is 353 g/mol. The van der Waals surface area contributed by atoms with Gasteiger partial charge < -0.3 is 13.3 Å². The van der Waals surface area contributed by atoms with Crippen molar-refractivity contribution in [2.24, 2.45) is 0 Å². The molecule has 7 heteroatoms. The summed E-state index contributed by atoms with van der Waals surface area (Å²) in [5.41, 5.74) is 3.78. The number of thioether (sulfide) groups is 1. The Labute approximate surface area is 148 Å². The topological polar surface area (TPSA) is 78.1 Å². The molecule has 4 aromatic rings. The van der Waals surface area contributed by atoms with Crippen LogP contribution in [0.25, 0.3) is 22.9 Å². The minimum Gasteiger partial charge on any atom is -0.469 e. The van der Waals surface area contributed by atoms with Gasteiger partial charge in [0.1, 0.15) is 12.0 Å². The van der Waals surface area contributed by atoms with Gasteiger partial charge in [-0.1, -0.05) is 29.5 Å². The largest absolute Gasteiger partial charge is 0.469 e. The minimum absolute atomic E-state index is 0.453. The standard InChI is InChI=1S/C18H15N3O3S/c1-11-3-5-13(6-4-11)16-19-14(9-23-16)10-25-18-21-20-17(24-18)15-7-8-22-12(15)2/h3-9H,10H2,1-2H3. The number of aryl methyl sites for hydroxylation is 2. The third kappa shape index (κ3) is 3.36. The van der Waals surface area contributed by atoms with E-state index in [0.29, 0.717) is 22.8 Å². The number of nitrogens with zero attached hydrogens (tertiary/aromatic N) is 3. The van der Waals surface area contributed by atoms with Gasteiger partial charge in [0.2, 0.25) is 5.89 Å². The lowest BCUT2D eigenvalue weighted by Crippen LogP contribution is -1.83. The highest BCUT2D eigenvalue weighted by Crippen LogP contribution is 2.28. The van der Waals surface area contributed by atoms with Crippen LogP contribution >= 0.6 is 11.8 Å². The molecule has 6 nitrogen and oxygen atoms in total. The zero-order chi connectivity index (χ0) is 17.2. The maximum Gasteiger partial charge on any atom is 0.277 e. The molecule has 0 bridgehead atoms. The zero-order valence-corrected chi connectivity index (χ0v) is 14.5. The highest BCUT2D eigenvalue weighted by molar-refractivity contribution is 7.98. The van der Waals surface area contributed by atoms with Crippen LogP contribution < -0.4 is 0 Å². The number of hydrogen-bond donors (Lipinski definition) is 0. The molecule has 0 spiro atoms. The lowest BCUT2D eigenvalue weighted by molar-refractivity contribution is 0.463. The highest BCUT2D eigenvalue weighted by Gasteiger charge is 2.14. The van der Waals surface area contributed by atoms with Gasteiger partial charge in [0.15, 0.2) is 0 Å². The molecule has 0 N–H and O–H groups in total. The number of rotatable bonds is 5. The van der Waals surface area contributed by atoms with Gasteiger partial charge in [-0.3, -0.25) is 0 Å². The fraction of sp³-hybridized carbons (Fsp3) is 0.167. The molecule has 1 aromatic carbocycles. The van der Waals surface area contributed by atoms with E-state index in [-0.39, 0.29) is 0 Å². The molecule has 0 aliphatic rings. The SMILES string of the molecule is Cc1ccc(-c2nc(CSc3nnc(-c4ccoc4C)o3)co2)cc1. The minimum atomic E-state index is 0.453. The Morgan fingerprint density at radius 3 is 2.56 bits per heavy atom. The van der Waals surface area contributed by atoms with Crippen LogP contribution in [0.2, 0.25) is 0 Å². The zero-order valence-electron chi connectivity index (χ0n) is 13.7. The molecule has 0 aliphatic heterocycles. The van der Waals surface area contributed by atoms with Gasteiger partial charge in [0.05, 0.1) is 17.5 Å². The van der Waals surface area contributed by atoms with Crippen LogP contribution in [0.3, 0.4) is 0 Å². The third-order valence-corrected chi connectivity index (χ3v) is 4.54. The Kier molecular flexibility index (Phi) is 4.15. The summed E-state index contributed by atoms with van der Waals surface area (Å²) in [6, 6.07) is 9.87. The normalized spacial score (nSPS) is 11.1. The summed E-state index contributed by atoms with van der Waals surface area (Å²) in [6.07, 6.45) is 3.25. The van der Waals surface area contributed by atoms with E-state index in [4.69, 9.17) is 13.3 Å². The Morgan fingerprint density at radius 2 is 1.80 bits per heavy atom. The summed E-state index contributed by atoms with van der Waals surface area (Å²) in [5, 5.41) is 8.58. The summed E-state index contributed by atoms with van der Waals surface area (Å²) in [4.78, 5) is 4.50. The molecule has 0 radical (unpaired) electrons. The Morgan fingerprint density at radius 1 is 0.960 bits per heavy atom. The molecule has 0 atom stereocenters. The molecule has 126 valence electrons. The van der Waals surface area contributed by atoms with Crippen LogP contribution in [0.15, 0.2) is 61.3 Å². The number of oxazole rings is 1. The second kappa shape index (κ2) is 6.60. The van der Waals surface area contributed by atoms with Crippen molar-refractivity contribution in [3.63, 3.8) is 0 Å². The van der Waals surface area contributed by atoms with Crippen LogP contribution in [0.1, 0.15) is 17.0 Å². The number of aromatic nitrogens is 3. The average molecular weight is 353 g/mol. The fourth-order valence-electron chi connectivity index (χ4n) is 2.32. The molecule has 0 fully saturated rings. The molecule has 0 saturated carbocycles. The predicted octanol–water partition coefficient (Wildman–Crippen LogP) is 4.89. The fourth-order valence-corrected chi connectivity index (χ4v) is 2.96. The van der Waals surface area contributed by atoms with Crippen molar-refractivity contribution in [3.8, 4) is 22.9 Å². The molecule has 0 amide bonds. The molecule has 3 aromatic heterocycles. The smallest absolute Gasteiger partial charge is 0.277 e. The molecule has 4 rings (SSSR count). The number of benzene rings is 1. The van der Waals surface area contributed by atoms with Crippen molar-refractivity contribution in [2.45, 2.75) is 24.8 Å². The van der Waals surface area contributed by atoms with Crippen LogP contribution in [0.4, 0.5) is 0 Å². The first-order valence-electron chi connectivity index (χ1n) is 7.71. The van der Waals surface area contributed by atoms with Crippen LogP contribution in [-0.4, -0.2) is 15.2 Å². The van der Waals surface area contributed by atoms with Gasteiger partial charge in [-0.25, -0.2) is 4.98 Å². The van der Waals surface area contributed by atoms with Crippen LogP contribution in [-0.2, 0) is 5.75 Å². The lowest BCUT2D eigenvalue weighted by Gasteiger charge is -1.95. The predicted molar refractivity (Wildman–Crippen MR) is 93.0 cm³/mol. The summed E-state index contributed by atoms with van der Waals surface area (Å²) in [6.45, 7) is 3.90. The lowest BCUT2D eigenvalue weighted by atomic mass is 10.1. The van der Waals surface area contributed by atoms with Crippen LogP contribution in [0, 0.1) is 13.8 Å². The summed E-state index contributed by atoms with van der Waals surface area (Å²) < 4.78 is 16.5. The maximum absolute atomic E-state index is 5.66. The average Bonchev–Trinajstić information content (AvgIpc) is 3.33. The third-order valence-electron chi connectivity index (χ3n) is 3.69. The van der Waals surface area contributed by atoms with E-state index in [9.17, 15) is 0 Å². The quantitative estimate of drug-likeness (QED) is 0.472. The van der Waals surface area contributed by atoms with E-state index >= 15 is 0 Å². The maximum atomic E-state index is 5.66. The van der Waals surface area contributed by atoms with E-state index in [1.54, 1.807) is 12.5 Å².